The van der Waals surface area contributed by atoms with Crippen molar-refractivity contribution >= 4 is 17.6 Å². The van der Waals surface area contributed by atoms with Crippen LogP contribution in [0.15, 0.2) is 24.5 Å². The van der Waals surface area contributed by atoms with Crippen LogP contribution in [0.4, 0.5) is 10.5 Å². The highest BCUT2D eigenvalue weighted by Crippen LogP contribution is 2.60. The van der Waals surface area contributed by atoms with E-state index in [0.717, 1.165) is 70.3 Å². The summed E-state index contributed by atoms with van der Waals surface area (Å²) in [7, 11) is 0. The maximum atomic E-state index is 13.5. The molecule has 184 valence electrons. The Balaban J connectivity index is 1.04. The summed E-state index contributed by atoms with van der Waals surface area (Å²) in [5, 5.41) is 13.9. The first kappa shape index (κ1) is 22.1. The van der Waals surface area contributed by atoms with Crippen LogP contribution in [0.2, 0.25) is 0 Å². The number of likely N-dealkylation sites (tertiary alicyclic amines) is 1. The molecule has 7 rings (SSSR count). The summed E-state index contributed by atoms with van der Waals surface area (Å²) in [5.74, 6) is 1.38. The molecule has 6 atom stereocenters. The van der Waals surface area contributed by atoms with Crippen LogP contribution < -0.4 is 10.2 Å². The third-order valence-electron chi connectivity index (χ3n) is 9.31. The molecule has 0 spiro atoms. The average molecular weight is 468 g/mol. The van der Waals surface area contributed by atoms with Crippen LogP contribution in [0.5, 0.6) is 0 Å². The van der Waals surface area contributed by atoms with E-state index in [0.29, 0.717) is 37.4 Å². The number of rotatable bonds is 3. The number of aromatic nitrogens is 1. The van der Waals surface area contributed by atoms with E-state index < -0.39 is 0 Å². The molecule has 2 saturated heterocycles. The third-order valence-corrected chi connectivity index (χ3v) is 9.31. The first-order chi connectivity index (χ1) is 16.5. The first-order valence-electron chi connectivity index (χ1n) is 13.2. The molecule has 0 radical (unpaired) electrons. The highest BCUT2D eigenvalue weighted by Gasteiger charge is 2.58. The van der Waals surface area contributed by atoms with Crippen molar-refractivity contribution in [2.24, 2.45) is 23.2 Å². The van der Waals surface area contributed by atoms with Crippen molar-refractivity contribution in [3.8, 4) is 0 Å². The Morgan fingerprint density at radius 3 is 2.38 bits per heavy atom. The molecule has 8 heteroatoms. The number of carbonyl (C=O) groups is 2. The van der Waals surface area contributed by atoms with E-state index >= 15 is 0 Å². The summed E-state index contributed by atoms with van der Waals surface area (Å²) in [4.78, 5) is 37.1. The molecule has 2 unspecified atom stereocenters. The number of urea groups is 1. The fourth-order valence-electron chi connectivity index (χ4n) is 7.79. The number of carbonyl (C=O) groups excluding carboxylic acids is 2. The van der Waals surface area contributed by atoms with Crippen molar-refractivity contribution in [3.05, 3.63) is 24.5 Å². The van der Waals surface area contributed by atoms with Crippen molar-refractivity contribution < 1.29 is 14.7 Å². The number of aliphatic hydroxyl groups is 1. The molecule has 6 aliphatic rings. The van der Waals surface area contributed by atoms with Crippen LogP contribution in [0.1, 0.15) is 44.9 Å². The van der Waals surface area contributed by atoms with Crippen molar-refractivity contribution in [1.29, 1.82) is 0 Å². The highest BCUT2D eigenvalue weighted by molar-refractivity contribution is 5.83. The lowest BCUT2D eigenvalue weighted by Crippen LogP contribution is -2.61. The summed E-state index contributed by atoms with van der Waals surface area (Å²) in [6.45, 7) is 4.43. The van der Waals surface area contributed by atoms with Gasteiger partial charge in [0.15, 0.2) is 0 Å². The molecule has 6 fully saturated rings. The number of hydrogen-bond donors (Lipinski definition) is 2. The molecule has 1 aromatic rings. The maximum Gasteiger partial charge on any atom is 0.320 e. The number of pyridine rings is 1. The Bertz CT molecular complexity index is 902. The first-order valence-corrected chi connectivity index (χ1v) is 13.2. The van der Waals surface area contributed by atoms with Gasteiger partial charge in [0, 0.05) is 63.4 Å². The van der Waals surface area contributed by atoms with E-state index in [1.165, 1.54) is 0 Å². The maximum absolute atomic E-state index is 13.5. The van der Waals surface area contributed by atoms with Crippen LogP contribution in [-0.4, -0.2) is 83.2 Å². The fraction of sp³-hybridized carbons (Fsp3) is 0.731. The van der Waals surface area contributed by atoms with Crippen molar-refractivity contribution in [2.75, 3.05) is 44.2 Å². The van der Waals surface area contributed by atoms with Crippen molar-refractivity contribution in [1.82, 2.24) is 20.1 Å². The van der Waals surface area contributed by atoms with Gasteiger partial charge in [-0.15, -0.1) is 0 Å². The van der Waals surface area contributed by atoms with E-state index in [4.69, 9.17) is 0 Å². The largest absolute Gasteiger partial charge is 0.393 e. The summed E-state index contributed by atoms with van der Waals surface area (Å²) < 4.78 is 0. The molecular formula is C26H37N5O3. The summed E-state index contributed by atoms with van der Waals surface area (Å²) >= 11 is 0. The SMILES string of the molecule is O=C(N1CCN(c2ccncc2)CC1)N1CCC[C@H](NC(=O)[C@@]23CC4C[C@H](C[C@H](C2)C4O)C3)C1. The molecule has 3 heterocycles. The van der Waals surface area contributed by atoms with Crippen LogP contribution in [0, 0.1) is 23.2 Å². The normalized spacial score (nSPS) is 37.1. The lowest BCUT2D eigenvalue weighted by molar-refractivity contribution is -0.163. The van der Waals surface area contributed by atoms with Crippen LogP contribution in [-0.2, 0) is 4.79 Å². The van der Waals surface area contributed by atoms with Gasteiger partial charge in [0.1, 0.15) is 0 Å². The molecule has 1 aromatic heterocycles. The number of piperazine rings is 1. The Labute approximate surface area is 201 Å². The van der Waals surface area contributed by atoms with Gasteiger partial charge in [0.25, 0.3) is 0 Å². The Morgan fingerprint density at radius 2 is 1.68 bits per heavy atom. The van der Waals surface area contributed by atoms with Gasteiger partial charge in [0.2, 0.25) is 5.91 Å². The molecule has 2 N–H and O–H groups in total. The Morgan fingerprint density at radius 1 is 0.971 bits per heavy atom. The van der Waals surface area contributed by atoms with Gasteiger partial charge in [-0.1, -0.05) is 0 Å². The topological polar surface area (TPSA) is 89.0 Å². The lowest BCUT2D eigenvalue weighted by atomic mass is 9.48. The smallest absolute Gasteiger partial charge is 0.320 e. The van der Waals surface area contributed by atoms with Crippen LogP contribution in [0.3, 0.4) is 0 Å². The van der Waals surface area contributed by atoms with Gasteiger partial charge >= 0.3 is 6.03 Å². The predicted octanol–water partition coefficient (Wildman–Crippen LogP) is 2.09. The average Bonchev–Trinajstić information content (AvgIpc) is 2.87. The summed E-state index contributed by atoms with van der Waals surface area (Å²) in [5.41, 5.74) is 0.866. The molecule has 34 heavy (non-hydrogen) atoms. The van der Waals surface area contributed by atoms with Gasteiger partial charge in [-0.05, 0) is 74.8 Å². The van der Waals surface area contributed by atoms with E-state index in [1.54, 1.807) is 12.4 Å². The van der Waals surface area contributed by atoms with Crippen LogP contribution >= 0.6 is 0 Å². The van der Waals surface area contributed by atoms with E-state index in [2.05, 4.69) is 15.2 Å². The number of nitrogens with one attached hydrogen (secondary N) is 1. The van der Waals surface area contributed by atoms with Gasteiger partial charge in [-0.25, -0.2) is 4.79 Å². The highest BCUT2D eigenvalue weighted by atomic mass is 16.3. The quantitative estimate of drug-likeness (QED) is 0.711. The zero-order valence-electron chi connectivity index (χ0n) is 19.9. The summed E-state index contributed by atoms with van der Waals surface area (Å²) in [6.07, 6.45) is 10.1. The predicted molar refractivity (Wildman–Crippen MR) is 128 cm³/mol. The lowest BCUT2D eigenvalue weighted by Gasteiger charge is -2.58. The number of aliphatic hydroxyl groups excluding tert-OH is 1. The minimum absolute atomic E-state index is 0.0289. The molecular weight excluding hydrogens is 430 g/mol. The molecule has 0 aromatic carbocycles. The molecule has 3 amide bonds. The standard InChI is InChI=1S/C26H37N5O3/c32-23-19-12-18-13-20(23)16-26(14-18,15-19)24(33)28-21-2-1-7-31(17-21)25(34)30-10-8-29(9-11-30)22-3-5-27-6-4-22/h3-6,18-21,23,32H,1-2,7-17H2,(H,28,33)/t18-,19+,20?,21-,23?,26+/m0/s1. The number of hydrogen-bond acceptors (Lipinski definition) is 5. The zero-order valence-corrected chi connectivity index (χ0v) is 19.9. The van der Waals surface area contributed by atoms with Crippen molar-refractivity contribution in [3.63, 3.8) is 0 Å². The Kier molecular flexibility index (Phi) is 5.66. The van der Waals surface area contributed by atoms with Gasteiger partial charge in [-0.2, -0.15) is 0 Å². The minimum atomic E-state index is -0.286. The second-order valence-electron chi connectivity index (χ2n) is 11.5. The molecule has 8 nitrogen and oxygen atoms in total. The van der Waals surface area contributed by atoms with Crippen molar-refractivity contribution in [2.45, 2.75) is 57.1 Å². The fourth-order valence-corrected chi connectivity index (χ4v) is 7.79. The van der Waals surface area contributed by atoms with Gasteiger partial charge < -0.3 is 25.1 Å². The monoisotopic (exact) mass is 467 g/mol. The number of anilines is 1. The minimum Gasteiger partial charge on any atom is -0.393 e. The second-order valence-corrected chi connectivity index (χ2v) is 11.5. The Hall–Kier alpha value is -2.35. The number of amides is 3. The van der Waals surface area contributed by atoms with E-state index in [9.17, 15) is 14.7 Å². The van der Waals surface area contributed by atoms with Gasteiger partial charge in [0.05, 0.1) is 11.5 Å². The number of piperidine rings is 1. The van der Waals surface area contributed by atoms with E-state index in [1.807, 2.05) is 21.9 Å². The molecule has 4 bridgehead atoms. The van der Waals surface area contributed by atoms with Crippen LogP contribution in [0.25, 0.3) is 0 Å². The third kappa shape index (κ3) is 3.93. The molecule has 2 aliphatic heterocycles. The van der Waals surface area contributed by atoms with E-state index in [-0.39, 0.29) is 29.5 Å². The van der Waals surface area contributed by atoms with Gasteiger partial charge in [-0.3, -0.25) is 9.78 Å². The zero-order chi connectivity index (χ0) is 23.3. The molecule has 4 saturated carbocycles. The number of nitrogens with zero attached hydrogens (tertiary/aromatic N) is 4. The second kappa shape index (κ2) is 8.70. The molecule has 4 aliphatic carbocycles. The summed E-state index contributed by atoms with van der Waals surface area (Å²) in [6, 6.07) is 4.16.